The average Bonchev–Trinajstić information content (AvgIpc) is 2.84. The zero-order chi connectivity index (χ0) is 23.2. The van der Waals surface area contributed by atoms with Gasteiger partial charge >= 0.3 is 6.03 Å². The van der Waals surface area contributed by atoms with Crippen LogP contribution in [0.15, 0.2) is 72.8 Å². The predicted octanol–water partition coefficient (Wildman–Crippen LogP) is 5.82. The summed E-state index contributed by atoms with van der Waals surface area (Å²) >= 11 is 6.05. The molecule has 0 radical (unpaired) electrons. The molecule has 1 atom stereocenters. The van der Waals surface area contributed by atoms with Gasteiger partial charge in [-0.2, -0.15) is 0 Å². The van der Waals surface area contributed by atoms with Crippen molar-refractivity contribution in [1.82, 2.24) is 10.2 Å². The van der Waals surface area contributed by atoms with Crippen LogP contribution in [0.5, 0.6) is 0 Å². The Bertz CT molecular complexity index is 1140. The van der Waals surface area contributed by atoms with Crippen LogP contribution >= 0.6 is 11.6 Å². The molecule has 0 saturated carbocycles. The molecule has 1 aliphatic heterocycles. The Hall–Kier alpha value is -3.38. The number of nitrogens with zero attached hydrogens (tertiary/aromatic N) is 1. The van der Waals surface area contributed by atoms with Crippen LogP contribution in [-0.2, 0) is 6.54 Å². The van der Waals surface area contributed by atoms with Crippen molar-refractivity contribution in [2.45, 2.75) is 25.3 Å². The summed E-state index contributed by atoms with van der Waals surface area (Å²) in [6, 6.07) is 20.9. The van der Waals surface area contributed by atoms with Crippen LogP contribution in [0.3, 0.4) is 0 Å². The molecular formula is C26H25ClFN3O2. The van der Waals surface area contributed by atoms with E-state index in [-0.39, 0.29) is 29.4 Å². The number of likely N-dealkylation sites (tertiary alicyclic amines) is 1. The van der Waals surface area contributed by atoms with Crippen LogP contribution in [0.25, 0.3) is 0 Å². The monoisotopic (exact) mass is 465 g/mol. The summed E-state index contributed by atoms with van der Waals surface area (Å²) in [4.78, 5) is 27.2. The molecule has 3 aromatic rings. The van der Waals surface area contributed by atoms with Crippen molar-refractivity contribution in [2.24, 2.45) is 0 Å². The third-order valence-corrected chi connectivity index (χ3v) is 6.16. The smallest absolute Gasteiger partial charge is 0.321 e. The van der Waals surface area contributed by atoms with Crippen molar-refractivity contribution in [3.63, 3.8) is 0 Å². The Balaban J connectivity index is 1.39. The summed E-state index contributed by atoms with van der Waals surface area (Å²) in [5.74, 6) is -0.493. The fourth-order valence-corrected chi connectivity index (χ4v) is 4.27. The van der Waals surface area contributed by atoms with Crippen LogP contribution < -0.4 is 10.6 Å². The van der Waals surface area contributed by atoms with Crippen molar-refractivity contribution in [3.8, 4) is 0 Å². The third kappa shape index (κ3) is 5.90. The number of para-hydroxylation sites is 1. The molecule has 4 rings (SSSR count). The molecule has 3 aromatic carbocycles. The van der Waals surface area contributed by atoms with E-state index in [1.807, 2.05) is 53.4 Å². The molecule has 170 valence electrons. The van der Waals surface area contributed by atoms with Gasteiger partial charge in [-0.15, -0.1) is 0 Å². The lowest BCUT2D eigenvalue weighted by Gasteiger charge is -2.33. The molecule has 0 unspecified atom stereocenters. The highest BCUT2D eigenvalue weighted by Gasteiger charge is 2.25. The molecule has 1 aliphatic rings. The molecule has 5 nitrogen and oxygen atoms in total. The predicted molar refractivity (Wildman–Crippen MR) is 128 cm³/mol. The number of rotatable bonds is 5. The van der Waals surface area contributed by atoms with E-state index in [0.717, 1.165) is 24.1 Å². The van der Waals surface area contributed by atoms with E-state index in [9.17, 15) is 14.0 Å². The van der Waals surface area contributed by atoms with Crippen LogP contribution in [-0.4, -0.2) is 29.9 Å². The van der Waals surface area contributed by atoms with E-state index in [0.29, 0.717) is 24.2 Å². The standard InChI is InChI=1S/C26H25ClFN3O2/c27-24-15-22(28)12-11-20(24)16-29-25(32)19-7-4-6-18(14-19)21-8-5-13-31(17-21)26(33)30-23-9-2-1-3-10-23/h1-4,6-7,9-12,14-15,21H,5,8,13,16-17H2,(H,29,32)(H,30,33)/t21-/m0/s1. The lowest BCUT2D eigenvalue weighted by atomic mass is 9.89. The maximum absolute atomic E-state index is 13.2. The molecule has 0 spiro atoms. The number of hydrogen-bond donors (Lipinski definition) is 2. The minimum Gasteiger partial charge on any atom is -0.348 e. The van der Waals surface area contributed by atoms with Gasteiger partial charge in [0.05, 0.1) is 0 Å². The first kappa shape index (κ1) is 22.8. The van der Waals surface area contributed by atoms with E-state index in [2.05, 4.69) is 10.6 Å². The van der Waals surface area contributed by atoms with Gasteiger partial charge in [-0.25, -0.2) is 9.18 Å². The fourth-order valence-electron chi connectivity index (χ4n) is 4.03. The topological polar surface area (TPSA) is 61.4 Å². The van der Waals surface area contributed by atoms with Crippen molar-refractivity contribution in [2.75, 3.05) is 18.4 Å². The number of anilines is 1. The van der Waals surface area contributed by atoms with Crippen LogP contribution in [0.4, 0.5) is 14.9 Å². The number of urea groups is 1. The van der Waals surface area contributed by atoms with Gasteiger partial charge in [0.25, 0.3) is 5.91 Å². The molecule has 33 heavy (non-hydrogen) atoms. The number of piperidine rings is 1. The molecule has 1 heterocycles. The van der Waals surface area contributed by atoms with Gasteiger partial charge in [-0.1, -0.05) is 48.0 Å². The molecule has 0 aromatic heterocycles. The Morgan fingerprint density at radius 3 is 2.64 bits per heavy atom. The maximum Gasteiger partial charge on any atom is 0.321 e. The maximum atomic E-state index is 13.2. The highest BCUT2D eigenvalue weighted by Crippen LogP contribution is 2.28. The zero-order valence-electron chi connectivity index (χ0n) is 18.1. The second kappa shape index (κ2) is 10.5. The van der Waals surface area contributed by atoms with Gasteiger partial charge < -0.3 is 15.5 Å². The molecule has 0 bridgehead atoms. The van der Waals surface area contributed by atoms with Gasteiger partial charge in [0.15, 0.2) is 0 Å². The minimum atomic E-state index is -0.415. The quantitative estimate of drug-likeness (QED) is 0.498. The van der Waals surface area contributed by atoms with Gasteiger partial charge in [0.2, 0.25) is 0 Å². The van der Waals surface area contributed by atoms with E-state index in [1.165, 1.54) is 12.1 Å². The first-order chi connectivity index (χ1) is 16.0. The average molecular weight is 466 g/mol. The normalized spacial score (nSPS) is 15.7. The Morgan fingerprint density at radius 2 is 1.85 bits per heavy atom. The minimum absolute atomic E-state index is 0.115. The van der Waals surface area contributed by atoms with Crippen molar-refractivity contribution < 1.29 is 14.0 Å². The molecule has 1 saturated heterocycles. The van der Waals surface area contributed by atoms with Gasteiger partial charge in [0, 0.05) is 41.8 Å². The van der Waals surface area contributed by atoms with E-state index in [1.54, 1.807) is 12.1 Å². The summed E-state index contributed by atoms with van der Waals surface area (Å²) < 4.78 is 13.2. The number of halogens is 2. The Labute approximate surface area is 197 Å². The Kier molecular flexibility index (Phi) is 7.25. The third-order valence-electron chi connectivity index (χ3n) is 5.81. The first-order valence-electron chi connectivity index (χ1n) is 10.9. The largest absolute Gasteiger partial charge is 0.348 e. The van der Waals surface area contributed by atoms with Crippen LogP contribution in [0.2, 0.25) is 5.02 Å². The first-order valence-corrected chi connectivity index (χ1v) is 11.3. The lowest BCUT2D eigenvalue weighted by Crippen LogP contribution is -2.41. The number of amides is 3. The molecule has 1 fully saturated rings. The molecule has 3 amide bonds. The number of carbonyl (C=O) groups excluding carboxylic acids is 2. The van der Waals surface area contributed by atoms with E-state index < -0.39 is 5.82 Å². The van der Waals surface area contributed by atoms with Crippen LogP contribution in [0.1, 0.15) is 40.2 Å². The van der Waals surface area contributed by atoms with Gasteiger partial charge in [-0.05, 0) is 60.4 Å². The summed E-state index contributed by atoms with van der Waals surface area (Å²) in [6.07, 6.45) is 1.84. The van der Waals surface area contributed by atoms with Gasteiger partial charge in [0.1, 0.15) is 5.82 Å². The second-order valence-corrected chi connectivity index (χ2v) is 8.53. The Morgan fingerprint density at radius 1 is 1.03 bits per heavy atom. The summed E-state index contributed by atoms with van der Waals surface area (Å²) in [5.41, 5.74) is 2.98. The number of nitrogens with one attached hydrogen (secondary N) is 2. The van der Waals surface area contributed by atoms with Crippen molar-refractivity contribution >= 4 is 29.2 Å². The van der Waals surface area contributed by atoms with Crippen molar-refractivity contribution in [3.05, 3.63) is 100 Å². The number of benzene rings is 3. The van der Waals surface area contributed by atoms with E-state index in [4.69, 9.17) is 11.6 Å². The number of hydrogen-bond acceptors (Lipinski definition) is 2. The summed E-state index contributed by atoms with van der Waals surface area (Å²) in [6.45, 7) is 1.50. The lowest BCUT2D eigenvalue weighted by molar-refractivity contribution is 0.0950. The van der Waals surface area contributed by atoms with Crippen molar-refractivity contribution in [1.29, 1.82) is 0 Å². The number of carbonyl (C=O) groups is 2. The fraction of sp³-hybridized carbons (Fsp3) is 0.231. The molecule has 0 aliphatic carbocycles. The van der Waals surface area contributed by atoms with Gasteiger partial charge in [-0.3, -0.25) is 4.79 Å². The molecular weight excluding hydrogens is 441 g/mol. The SMILES string of the molecule is O=C(NCc1ccc(F)cc1Cl)c1cccc([C@H]2CCCN(C(=O)Nc3ccccc3)C2)c1. The zero-order valence-corrected chi connectivity index (χ0v) is 18.8. The summed E-state index contributed by atoms with van der Waals surface area (Å²) in [7, 11) is 0. The highest BCUT2D eigenvalue weighted by molar-refractivity contribution is 6.31. The second-order valence-electron chi connectivity index (χ2n) is 8.13. The summed E-state index contributed by atoms with van der Waals surface area (Å²) in [5, 5.41) is 6.06. The molecule has 7 heteroatoms. The highest BCUT2D eigenvalue weighted by atomic mass is 35.5. The molecule has 2 N–H and O–H groups in total. The van der Waals surface area contributed by atoms with E-state index >= 15 is 0 Å². The van der Waals surface area contributed by atoms with Crippen LogP contribution in [0, 0.1) is 5.82 Å².